The summed E-state index contributed by atoms with van der Waals surface area (Å²) in [6, 6.07) is 0. The summed E-state index contributed by atoms with van der Waals surface area (Å²) in [4.78, 5) is 12.2. The van der Waals surface area contributed by atoms with E-state index in [-0.39, 0.29) is 12.5 Å². The van der Waals surface area contributed by atoms with Gasteiger partial charge < -0.3 is 10.0 Å². The van der Waals surface area contributed by atoms with Crippen LogP contribution in [-0.2, 0) is 4.79 Å². The molecule has 1 N–H and O–H groups in total. The highest BCUT2D eigenvalue weighted by Crippen LogP contribution is 1.86. The van der Waals surface area contributed by atoms with Crippen molar-refractivity contribution in [2.45, 2.75) is 13.3 Å². The van der Waals surface area contributed by atoms with E-state index in [4.69, 9.17) is 5.11 Å². The van der Waals surface area contributed by atoms with Crippen molar-refractivity contribution in [3.8, 4) is 0 Å². The molecule has 0 aromatic heterocycles. The second-order valence-corrected chi connectivity index (χ2v) is 1.89. The maximum atomic E-state index is 10.7. The van der Waals surface area contributed by atoms with Crippen molar-refractivity contribution in [2.75, 3.05) is 20.2 Å². The number of hydrogen-bond donors (Lipinski definition) is 1. The molecule has 0 aromatic carbocycles. The first-order valence-electron chi connectivity index (χ1n) is 3.07. The van der Waals surface area contributed by atoms with Gasteiger partial charge in [-0.05, 0) is 0 Å². The third kappa shape index (κ3) is 3.08. The fraction of sp³-hybridized carbons (Fsp3) is 0.833. The predicted octanol–water partition coefficient (Wildman–Crippen LogP) is -0.153. The van der Waals surface area contributed by atoms with Crippen LogP contribution in [0.15, 0.2) is 0 Å². The Morgan fingerprint density at radius 1 is 1.67 bits per heavy atom. The van der Waals surface area contributed by atoms with Crippen molar-refractivity contribution >= 4 is 5.91 Å². The zero-order chi connectivity index (χ0) is 7.28. The Morgan fingerprint density at radius 2 is 2.22 bits per heavy atom. The van der Waals surface area contributed by atoms with Gasteiger partial charge in [-0.2, -0.15) is 0 Å². The standard InChI is InChI=1S/C6H13NO2/c1-3-6(9)7(2)4-5-8/h8H,3-5H2,1-2H3. The van der Waals surface area contributed by atoms with Gasteiger partial charge in [-0.15, -0.1) is 0 Å². The van der Waals surface area contributed by atoms with Crippen LogP contribution in [0, 0.1) is 0 Å². The van der Waals surface area contributed by atoms with Gasteiger partial charge in [0.1, 0.15) is 0 Å². The second-order valence-electron chi connectivity index (χ2n) is 1.89. The number of rotatable bonds is 3. The summed E-state index contributed by atoms with van der Waals surface area (Å²) >= 11 is 0. The van der Waals surface area contributed by atoms with Crippen molar-refractivity contribution in [2.24, 2.45) is 0 Å². The predicted molar refractivity (Wildman–Crippen MR) is 35.0 cm³/mol. The van der Waals surface area contributed by atoms with Crippen LogP contribution in [0.4, 0.5) is 0 Å². The molecule has 0 aliphatic carbocycles. The Hall–Kier alpha value is -0.570. The molecule has 1 amide bonds. The molecular weight excluding hydrogens is 118 g/mol. The monoisotopic (exact) mass is 131 g/mol. The highest BCUT2D eigenvalue weighted by Gasteiger charge is 2.02. The van der Waals surface area contributed by atoms with E-state index in [0.29, 0.717) is 13.0 Å². The summed E-state index contributed by atoms with van der Waals surface area (Å²) in [6.45, 7) is 2.28. The van der Waals surface area contributed by atoms with Gasteiger partial charge in [0, 0.05) is 20.0 Å². The molecule has 0 aromatic rings. The lowest BCUT2D eigenvalue weighted by atomic mass is 10.4. The molecule has 0 aliphatic heterocycles. The van der Waals surface area contributed by atoms with Crippen molar-refractivity contribution < 1.29 is 9.90 Å². The summed E-state index contributed by atoms with van der Waals surface area (Å²) in [5, 5.41) is 8.39. The normalized spacial score (nSPS) is 9.22. The summed E-state index contributed by atoms with van der Waals surface area (Å²) in [6.07, 6.45) is 0.510. The smallest absolute Gasteiger partial charge is 0.222 e. The SMILES string of the molecule is CCC(=O)N(C)CCO. The first kappa shape index (κ1) is 8.43. The van der Waals surface area contributed by atoms with Crippen LogP contribution in [-0.4, -0.2) is 36.1 Å². The summed E-state index contributed by atoms with van der Waals surface area (Å²) in [5.41, 5.74) is 0. The molecule has 0 radical (unpaired) electrons. The van der Waals surface area contributed by atoms with Crippen LogP contribution in [0.3, 0.4) is 0 Å². The molecule has 0 rings (SSSR count). The zero-order valence-corrected chi connectivity index (χ0v) is 5.92. The Labute approximate surface area is 55.3 Å². The Kier molecular flexibility index (Phi) is 4.05. The van der Waals surface area contributed by atoms with Crippen LogP contribution in [0.1, 0.15) is 13.3 Å². The lowest BCUT2D eigenvalue weighted by Crippen LogP contribution is -2.28. The number of aliphatic hydroxyl groups is 1. The summed E-state index contributed by atoms with van der Waals surface area (Å²) in [5.74, 6) is 0.0732. The van der Waals surface area contributed by atoms with Gasteiger partial charge in [0.25, 0.3) is 0 Å². The third-order valence-corrected chi connectivity index (χ3v) is 1.16. The fourth-order valence-corrected chi connectivity index (χ4v) is 0.545. The van der Waals surface area contributed by atoms with Crippen molar-refractivity contribution in [1.82, 2.24) is 4.90 Å². The van der Waals surface area contributed by atoms with E-state index < -0.39 is 0 Å². The van der Waals surface area contributed by atoms with E-state index in [9.17, 15) is 4.79 Å². The molecule has 54 valence electrons. The number of carbonyl (C=O) groups is 1. The third-order valence-electron chi connectivity index (χ3n) is 1.16. The molecule has 0 unspecified atom stereocenters. The van der Waals surface area contributed by atoms with Gasteiger partial charge in [0.15, 0.2) is 0 Å². The maximum absolute atomic E-state index is 10.7. The highest BCUT2D eigenvalue weighted by atomic mass is 16.3. The first-order chi connectivity index (χ1) is 4.22. The van der Waals surface area contributed by atoms with Crippen LogP contribution < -0.4 is 0 Å². The summed E-state index contributed by atoms with van der Waals surface area (Å²) in [7, 11) is 1.68. The number of carbonyl (C=O) groups excluding carboxylic acids is 1. The minimum absolute atomic E-state index is 0.0439. The van der Waals surface area contributed by atoms with Crippen LogP contribution in [0.25, 0.3) is 0 Å². The number of hydrogen-bond acceptors (Lipinski definition) is 2. The average molecular weight is 131 g/mol. The number of aliphatic hydroxyl groups excluding tert-OH is 1. The van der Waals surface area contributed by atoms with Gasteiger partial charge in [-0.25, -0.2) is 0 Å². The largest absolute Gasteiger partial charge is 0.395 e. The number of likely N-dealkylation sites (N-methyl/N-ethyl adjacent to an activating group) is 1. The molecule has 0 spiro atoms. The first-order valence-corrected chi connectivity index (χ1v) is 3.07. The van der Waals surface area contributed by atoms with Crippen molar-refractivity contribution in [1.29, 1.82) is 0 Å². The van der Waals surface area contributed by atoms with E-state index in [1.807, 2.05) is 0 Å². The van der Waals surface area contributed by atoms with Crippen LogP contribution in [0.2, 0.25) is 0 Å². The molecule has 0 aliphatic rings. The Bertz CT molecular complexity index is 93.1. The molecule has 0 saturated heterocycles. The summed E-state index contributed by atoms with van der Waals surface area (Å²) < 4.78 is 0. The number of nitrogens with zero attached hydrogens (tertiary/aromatic N) is 1. The Balaban J connectivity index is 3.45. The van der Waals surface area contributed by atoms with Gasteiger partial charge in [-0.3, -0.25) is 4.79 Å². The topological polar surface area (TPSA) is 40.5 Å². The quantitative estimate of drug-likeness (QED) is 0.578. The van der Waals surface area contributed by atoms with Gasteiger partial charge in [0.2, 0.25) is 5.91 Å². The van der Waals surface area contributed by atoms with E-state index in [1.165, 1.54) is 4.90 Å². The van der Waals surface area contributed by atoms with E-state index in [1.54, 1.807) is 14.0 Å². The van der Waals surface area contributed by atoms with Crippen LogP contribution >= 0.6 is 0 Å². The van der Waals surface area contributed by atoms with Gasteiger partial charge in [0.05, 0.1) is 6.61 Å². The second kappa shape index (κ2) is 4.32. The van der Waals surface area contributed by atoms with Gasteiger partial charge in [-0.1, -0.05) is 6.92 Å². The molecule has 0 heterocycles. The van der Waals surface area contributed by atoms with Gasteiger partial charge >= 0.3 is 0 Å². The minimum atomic E-state index is 0.0439. The molecule has 0 bridgehead atoms. The molecule has 3 nitrogen and oxygen atoms in total. The van der Waals surface area contributed by atoms with E-state index in [2.05, 4.69) is 0 Å². The van der Waals surface area contributed by atoms with Crippen molar-refractivity contribution in [3.05, 3.63) is 0 Å². The molecule has 0 fully saturated rings. The molecule has 9 heavy (non-hydrogen) atoms. The van der Waals surface area contributed by atoms with E-state index in [0.717, 1.165) is 0 Å². The highest BCUT2D eigenvalue weighted by molar-refractivity contribution is 5.75. The minimum Gasteiger partial charge on any atom is -0.395 e. The number of amides is 1. The van der Waals surface area contributed by atoms with Crippen LogP contribution in [0.5, 0.6) is 0 Å². The zero-order valence-electron chi connectivity index (χ0n) is 5.92. The van der Waals surface area contributed by atoms with Crippen molar-refractivity contribution in [3.63, 3.8) is 0 Å². The lowest BCUT2D eigenvalue weighted by molar-refractivity contribution is -0.129. The molecule has 0 saturated carbocycles. The lowest BCUT2D eigenvalue weighted by Gasteiger charge is -2.13. The molecule has 0 atom stereocenters. The van der Waals surface area contributed by atoms with E-state index >= 15 is 0 Å². The molecular formula is C6H13NO2. The Morgan fingerprint density at radius 3 is 2.56 bits per heavy atom. The average Bonchev–Trinajstić information content (AvgIpc) is 1.87. The fourth-order valence-electron chi connectivity index (χ4n) is 0.545. The molecule has 3 heteroatoms. The maximum Gasteiger partial charge on any atom is 0.222 e.